The minimum absolute atomic E-state index is 0.0642. The summed E-state index contributed by atoms with van der Waals surface area (Å²) in [5.41, 5.74) is 1.17. The van der Waals surface area contributed by atoms with E-state index in [1.54, 1.807) is 11.8 Å². The zero-order valence-corrected chi connectivity index (χ0v) is 12.9. The van der Waals surface area contributed by atoms with Crippen molar-refractivity contribution in [2.24, 2.45) is 5.92 Å². The van der Waals surface area contributed by atoms with Gasteiger partial charge in [-0.25, -0.2) is 0 Å². The Morgan fingerprint density at radius 1 is 1.35 bits per heavy atom. The van der Waals surface area contributed by atoms with Gasteiger partial charge in [-0.15, -0.1) is 11.8 Å². The van der Waals surface area contributed by atoms with E-state index in [0.29, 0.717) is 5.75 Å². The van der Waals surface area contributed by atoms with E-state index >= 15 is 0 Å². The number of nitrogens with one attached hydrogen (secondary N) is 1. The molecule has 0 radical (unpaired) electrons. The summed E-state index contributed by atoms with van der Waals surface area (Å²) in [7, 11) is 0. The lowest BCUT2D eigenvalue weighted by atomic mass is 10.1. The lowest BCUT2D eigenvalue weighted by molar-refractivity contribution is -0.119. The summed E-state index contributed by atoms with van der Waals surface area (Å²) in [5.74, 6) is 1.56. The van der Waals surface area contributed by atoms with Crippen molar-refractivity contribution in [2.75, 3.05) is 12.4 Å². The third-order valence-corrected chi connectivity index (χ3v) is 4.91. The number of hydrogen-bond acceptors (Lipinski definition) is 3. The van der Waals surface area contributed by atoms with Crippen LogP contribution in [0.5, 0.6) is 0 Å². The molecule has 110 valence electrons. The average molecular weight is 314 g/mol. The highest BCUT2D eigenvalue weighted by molar-refractivity contribution is 7.99. The second-order valence-corrected chi connectivity index (χ2v) is 6.59. The van der Waals surface area contributed by atoms with Gasteiger partial charge in [0.15, 0.2) is 0 Å². The van der Waals surface area contributed by atoms with Crippen LogP contribution in [0.3, 0.4) is 0 Å². The summed E-state index contributed by atoms with van der Waals surface area (Å²) >= 11 is 7.42. The maximum atomic E-state index is 11.9. The van der Waals surface area contributed by atoms with Crippen LogP contribution < -0.4 is 5.32 Å². The summed E-state index contributed by atoms with van der Waals surface area (Å²) in [6.07, 6.45) is 3.09. The van der Waals surface area contributed by atoms with Crippen molar-refractivity contribution >= 4 is 29.3 Å². The Balaban J connectivity index is 1.68. The maximum Gasteiger partial charge on any atom is 0.230 e. The van der Waals surface area contributed by atoms with Crippen LogP contribution in [0.2, 0.25) is 5.02 Å². The maximum absolute atomic E-state index is 11.9. The fraction of sp³-hybridized carbons (Fsp3) is 0.533. The van der Waals surface area contributed by atoms with Gasteiger partial charge in [0.1, 0.15) is 0 Å². The highest BCUT2D eigenvalue weighted by Gasteiger charge is 2.27. The van der Waals surface area contributed by atoms with E-state index in [0.717, 1.165) is 30.0 Å². The van der Waals surface area contributed by atoms with Crippen LogP contribution in [0.15, 0.2) is 24.3 Å². The number of amides is 1. The predicted molar refractivity (Wildman–Crippen MR) is 84.0 cm³/mol. The Hall–Kier alpha value is -0.710. The zero-order valence-electron chi connectivity index (χ0n) is 11.3. The van der Waals surface area contributed by atoms with Crippen LogP contribution in [-0.4, -0.2) is 29.4 Å². The fourth-order valence-corrected chi connectivity index (χ4v) is 3.46. The molecule has 5 heteroatoms. The van der Waals surface area contributed by atoms with Gasteiger partial charge in [0.25, 0.3) is 0 Å². The van der Waals surface area contributed by atoms with Crippen molar-refractivity contribution in [1.29, 1.82) is 0 Å². The van der Waals surface area contributed by atoms with Gasteiger partial charge in [0.05, 0.1) is 5.75 Å². The van der Waals surface area contributed by atoms with Crippen molar-refractivity contribution in [3.8, 4) is 0 Å². The van der Waals surface area contributed by atoms with E-state index in [2.05, 4.69) is 5.32 Å². The Morgan fingerprint density at radius 2 is 2.10 bits per heavy atom. The number of thioether (sulfide) groups is 1. The van der Waals surface area contributed by atoms with E-state index in [1.165, 1.54) is 5.56 Å². The Bertz CT molecular complexity index is 438. The summed E-state index contributed by atoms with van der Waals surface area (Å²) < 4.78 is 0. The molecule has 0 aromatic heterocycles. The first-order chi connectivity index (χ1) is 9.69. The molecule has 2 rings (SSSR count). The number of hydrogen-bond donors (Lipinski definition) is 2. The molecule has 1 fully saturated rings. The number of rotatable bonds is 6. The molecule has 0 aliphatic heterocycles. The van der Waals surface area contributed by atoms with Crippen molar-refractivity contribution in [1.82, 2.24) is 5.32 Å². The number of halogens is 1. The second kappa shape index (κ2) is 7.91. The molecule has 1 aromatic carbocycles. The molecule has 0 heterocycles. The van der Waals surface area contributed by atoms with Crippen LogP contribution in [0.25, 0.3) is 0 Å². The summed E-state index contributed by atoms with van der Waals surface area (Å²) in [6, 6.07) is 7.84. The molecule has 2 unspecified atom stereocenters. The second-order valence-electron chi connectivity index (χ2n) is 5.17. The minimum Gasteiger partial charge on any atom is -0.396 e. The van der Waals surface area contributed by atoms with Gasteiger partial charge in [0.2, 0.25) is 5.91 Å². The standard InChI is InChI=1S/C15H20ClNO2S/c16-13-6-4-11(5-7-13)9-20-10-15(19)17-14-3-1-2-12(14)8-18/h4-7,12,14,18H,1-3,8-10H2,(H,17,19). The quantitative estimate of drug-likeness (QED) is 0.849. The minimum atomic E-state index is 0.0642. The molecule has 0 saturated heterocycles. The number of carbonyl (C=O) groups is 1. The molecule has 1 aliphatic rings. The predicted octanol–water partition coefficient (Wildman–Crippen LogP) is 2.85. The van der Waals surface area contributed by atoms with E-state index in [1.807, 2.05) is 24.3 Å². The van der Waals surface area contributed by atoms with Gasteiger partial charge in [-0.05, 0) is 30.5 Å². The molecule has 0 bridgehead atoms. The van der Waals surface area contributed by atoms with E-state index in [-0.39, 0.29) is 24.5 Å². The van der Waals surface area contributed by atoms with Crippen molar-refractivity contribution < 1.29 is 9.90 Å². The number of aliphatic hydroxyl groups is 1. The summed E-state index contributed by atoms with van der Waals surface area (Å²) in [6.45, 7) is 0.170. The smallest absolute Gasteiger partial charge is 0.230 e. The van der Waals surface area contributed by atoms with Gasteiger partial charge in [-0.3, -0.25) is 4.79 Å². The molecule has 1 saturated carbocycles. The van der Waals surface area contributed by atoms with Crippen molar-refractivity contribution in [3.05, 3.63) is 34.9 Å². The zero-order chi connectivity index (χ0) is 14.4. The van der Waals surface area contributed by atoms with Gasteiger partial charge >= 0.3 is 0 Å². The first kappa shape index (κ1) is 15.7. The topological polar surface area (TPSA) is 49.3 Å². The average Bonchev–Trinajstić information content (AvgIpc) is 2.88. The highest BCUT2D eigenvalue weighted by atomic mass is 35.5. The van der Waals surface area contributed by atoms with Gasteiger partial charge < -0.3 is 10.4 Å². The van der Waals surface area contributed by atoms with Gasteiger partial charge in [0, 0.05) is 29.3 Å². The molecule has 2 N–H and O–H groups in total. The molecule has 0 spiro atoms. The van der Waals surface area contributed by atoms with Crippen LogP contribution >= 0.6 is 23.4 Å². The number of carbonyl (C=O) groups excluding carboxylic acids is 1. The van der Waals surface area contributed by atoms with Crippen LogP contribution in [0.4, 0.5) is 0 Å². The Labute approximate surface area is 129 Å². The first-order valence-electron chi connectivity index (χ1n) is 6.91. The van der Waals surface area contributed by atoms with Crippen LogP contribution in [-0.2, 0) is 10.5 Å². The molecule has 1 amide bonds. The Morgan fingerprint density at radius 3 is 2.80 bits per heavy atom. The van der Waals surface area contributed by atoms with Crippen LogP contribution in [0, 0.1) is 5.92 Å². The molecule has 1 aromatic rings. The third-order valence-electron chi connectivity index (χ3n) is 3.66. The Kier molecular flexibility index (Phi) is 6.20. The SMILES string of the molecule is O=C(CSCc1ccc(Cl)cc1)NC1CCCC1CO. The van der Waals surface area contributed by atoms with Gasteiger partial charge in [-0.2, -0.15) is 0 Å². The first-order valence-corrected chi connectivity index (χ1v) is 8.44. The lowest BCUT2D eigenvalue weighted by Crippen LogP contribution is -2.39. The largest absolute Gasteiger partial charge is 0.396 e. The molecule has 1 aliphatic carbocycles. The number of aliphatic hydroxyl groups excluding tert-OH is 1. The summed E-state index contributed by atoms with van der Waals surface area (Å²) in [5, 5.41) is 13.0. The monoisotopic (exact) mass is 313 g/mol. The highest BCUT2D eigenvalue weighted by Crippen LogP contribution is 2.25. The van der Waals surface area contributed by atoms with Crippen molar-refractivity contribution in [3.63, 3.8) is 0 Å². The molecular weight excluding hydrogens is 294 g/mol. The van der Waals surface area contributed by atoms with E-state index < -0.39 is 0 Å². The molecular formula is C15H20ClNO2S. The normalized spacial score (nSPS) is 21.9. The lowest BCUT2D eigenvalue weighted by Gasteiger charge is -2.18. The molecule has 3 nitrogen and oxygen atoms in total. The molecule has 2 atom stereocenters. The molecule has 20 heavy (non-hydrogen) atoms. The third kappa shape index (κ3) is 4.69. The summed E-state index contributed by atoms with van der Waals surface area (Å²) in [4.78, 5) is 11.9. The van der Waals surface area contributed by atoms with E-state index in [9.17, 15) is 9.90 Å². The fourth-order valence-electron chi connectivity index (χ4n) is 2.54. The van der Waals surface area contributed by atoms with Gasteiger partial charge in [-0.1, -0.05) is 30.2 Å². The number of benzene rings is 1. The van der Waals surface area contributed by atoms with Crippen LogP contribution in [0.1, 0.15) is 24.8 Å². The van der Waals surface area contributed by atoms with Crippen molar-refractivity contribution in [2.45, 2.75) is 31.1 Å². The van der Waals surface area contributed by atoms with E-state index in [4.69, 9.17) is 11.6 Å².